The van der Waals surface area contributed by atoms with Gasteiger partial charge in [-0.05, 0) is 25.0 Å². The standard InChI is InChI=1S/C11H12F3N3O2S/c12-11(13,14)5-1-2-7-17-20(18,19)10-4-3-6-16-9(10)8-15/h3-4,6,17H,1-2,5,7H2. The number of aromatic nitrogens is 1. The number of hydrogen-bond donors (Lipinski definition) is 1. The minimum Gasteiger partial charge on any atom is -0.244 e. The van der Waals surface area contributed by atoms with Gasteiger partial charge in [0.2, 0.25) is 10.0 Å². The van der Waals surface area contributed by atoms with E-state index >= 15 is 0 Å². The molecule has 1 heterocycles. The Morgan fingerprint density at radius 1 is 1.35 bits per heavy atom. The summed E-state index contributed by atoms with van der Waals surface area (Å²) in [5, 5.41) is 8.75. The summed E-state index contributed by atoms with van der Waals surface area (Å²) in [5.41, 5.74) is -0.254. The van der Waals surface area contributed by atoms with E-state index in [1.54, 1.807) is 6.07 Å². The fourth-order valence-corrected chi connectivity index (χ4v) is 2.61. The third-order valence-electron chi connectivity index (χ3n) is 2.35. The van der Waals surface area contributed by atoms with Gasteiger partial charge < -0.3 is 0 Å². The minimum absolute atomic E-state index is 0.0564. The first-order valence-corrected chi connectivity index (χ1v) is 7.16. The first-order valence-electron chi connectivity index (χ1n) is 5.68. The van der Waals surface area contributed by atoms with Gasteiger partial charge in [0.25, 0.3) is 0 Å². The number of nitrogens with zero attached hydrogens (tertiary/aromatic N) is 2. The Bertz CT molecular complexity index is 594. The molecule has 1 aromatic heterocycles. The van der Waals surface area contributed by atoms with Crippen molar-refractivity contribution in [2.45, 2.75) is 30.3 Å². The zero-order valence-electron chi connectivity index (χ0n) is 10.3. The molecule has 1 aromatic rings. The lowest BCUT2D eigenvalue weighted by Crippen LogP contribution is -2.26. The second kappa shape index (κ2) is 6.67. The number of nitriles is 1. The number of sulfonamides is 1. The van der Waals surface area contributed by atoms with Gasteiger partial charge in [0.1, 0.15) is 11.0 Å². The van der Waals surface area contributed by atoms with Gasteiger partial charge in [-0.3, -0.25) is 0 Å². The molecule has 9 heteroatoms. The van der Waals surface area contributed by atoms with E-state index in [0.717, 1.165) is 0 Å². The Morgan fingerprint density at radius 3 is 2.65 bits per heavy atom. The number of rotatable bonds is 6. The van der Waals surface area contributed by atoms with Crippen molar-refractivity contribution >= 4 is 10.0 Å². The summed E-state index contributed by atoms with van der Waals surface area (Å²) >= 11 is 0. The van der Waals surface area contributed by atoms with Gasteiger partial charge in [-0.2, -0.15) is 18.4 Å². The molecule has 1 N–H and O–H groups in total. The van der Waals surface area contributed by atoms with E-state index in [2.05, 4.69) is 9.71 Å². The number of unbranched alkanes of at least 4 members (excludes halogenated alkanes) is 1. The fraction of sp³-hybridized carbons (Fsp3) is 0.455. The lowest BCUT2D eigenvalue weighted by atomic mass is 10.2. The Labute approximate surface area is 114 Å². The molecule has 110 valence electrons. The predicted molar refractivity (Wildman–Crippen MR) is 64.0 cm³/mol. The smallest absolute Gasteiger partial charge is 0.244 e. The van der Waals surface area contributed by atoms with Crippen LogP contribution in [-0.2, 0) is 10.0 Å². The molecule has 0 saturated carbocycles. The molecule has 1 rings (SSSR count). The van der Waals surface area contributed by atoms with Crippen molar-refractivity contribution in [2.24, 2.45) is 0 Å². The predicted octanol–water partition coefficient (Wildman–Crippen LogP) is 1.96. The van der Waals surface area contributed by atoms with Crippen molar-refractivity contribution in [3.8, 4) is 6.07 Å². The number of halogens is 3. The molecule has 0 unspecified atom stereocenters. The monoisotopic (exact) mass is 307 g/mol. The molecular formula is C11H12F3N3O2S. The highest BCUT2D eigenvalue weighted by Gasteiger charge is 2.26. The lowest BCUT2D eigenvalue weighted by Gasteiger charge is -2.08. The minimum atomic E-state index is -4.24. The van der Waals surface area contributed by atoms with Gasteiger partial charge >= 0.3 is 6.18 Å². The molecule has 0 saturated heterocycles. The average molecular weight is 307 g/mol. The molecule has 0 aliphatic heterocycles. The van der Waals surface area contributed by atoms with Crippen molar-refractivity contribution in [3.05, 3.63) is 24.0 Å². The van der Waals surface area contributed by atoms with E-state index in [1.165, 1.54) is 18.3 Å². The number of pyridine rings is 1. The largest absolute Gasteiger partial charge is 0.389 e. The van der Waals surface area contributed by atoms with E-state index < -0.39 is 22.6 Å². The summed E-state index contributed by atoms with van der Waals surface area (Å²) in [6.07, 6.45) is -4.02. The van der Waals surface area contributed by atoms with Crippen molar-refractivity contribution in [2.75, 3.05) is 6.54 Å². The van der Waals surface area contributed by atoms with Crippen LogP contribution in [0.25, 0.3) is 0 Å². The second-order valence-electron chi connectivity index (χ2n) is 3.93. The quantitative estimate of drug-likeness (QED) is 0.814. The maximum atomic E-state index is 11.9. The van der Waals surface area contributed by atoms with Crippen molar-refractivity contribution in [3.63, 3.8) is 0 Å². The third-order valence-corrected chi connectivity index (χ3v) is 3.84. The zero-order valence-corrected chi connectivity index (χ0v) is 11.1. The van der Waals surface area contributed by atoms with Crippen LogP contribution in [-0.4, -0.2) is 26.1 Å². The highest BCUT2D eigenvalue weighted by molar-refractivity contribution is 7.89. The first-order chi connectivity index (χ1) is 9.26. The van der Waals surface area contributed by atoms with Crippen molar-refractivity contribution in [1.29, 1.82) is 5.26 Å². The van der Waals surface area contributed by atoms with Gasteiger partial charge in [-0.1, -0.05) is 0 Å². The van der Waals surface area contributed by atoms with Crippen LogP contribution in [0.1, 0.15) is 25.0 Å². The summed E-state index contributed by atoms with van der Waals surface area (Å²) in [5.74, 6) is 0. The average Bonchev–Trinajstić information content (AvgIpc) is 2.36. The topological polar surface area (TPSA) is 82.8 Å². The Hall–Kier alpha value is -1.66. The molecular weight excluding hydrogens is 295 g/mol. The highest BCUT2D eigenvalue weighted by Crippen LogP contribution is 2.22. The summed E-state index contributed by atoms with van der Waals surface area (Å²) in [7, 11) is -3.94. The molecule has 0 aliphatic carbocycles. The van der Waals surface area contributed by atoms with Crippen molar-refractivity contribution < 1.29 is 21.6 Å². The van der Waals surface area contributed by atoms with Crippen LogP contribution in [0.3, 0.4) is 0 Å². The number of hydrogen-bond acceptors (Lipinski definition) is 4. The van der Waals surface area contributed by atoms with Crippen LogP contribution in [0.15, 0.2) is 23.2 Å². The fourth-order valence-electron chi connectivity index (χ4n) is 1.43. The summed E-state index contributed by atoms with van der Waals surface area (Å²) in [4.78, 5) is 3.33. The van der Waals surface area contributed by atoms with Gasteiger partial charge in [0.15, 0.2) is 5.69 Å². The van der Waals surface area contributed by atoms with Crippen molar-refractivity contribution in [1.82, 2.24) is 9.71 Å². The summed E-state index contributed by atoms with van der Waals surface area (Å²) in [6, 6.07) is 4.22. The zero-order chi connectivity index (χ0) is 15.2. The maximum absolute atomic E-state index is 11.9. The van der Waals surface area contributed by atoms with E-state index in [0.29, 0.717) is 0 Å². The molecule has 0 bridgehead atoms. The molecule has 0 spiro atoms. The highest BCUT2D eigenvalue weighted by atomic mass is 32.2. The van der Waals surface area contributed by atoms with Gasteiger partial charge in [-0.15, -0.1) is 0 Å². The Morgan fingerprint density at radius 2 is 2.05 bits per heavy atom. The molecule has 0 amide bonds. The Balaban J connectivity index is 2.57. The third kappa shape index (κ3) is 5.14. The summed E-state index contributed by atoms with van der Waals surface area (Å²) in [6.45, 7) is -0.127. The molecule has 0 radical (unpaired) electrons. The van der Waals surface area contributed by atoms with E-state index in [-0.39, 0.29) is 30.0 Å². The lowest BCUT2D eigenvalue weighted by molar-refractivity contribution is -0.135. The molecule has 0 fully saturated rings. The van der Waals surface area contributed by atoms with Gasteiger partial charge in [0.05, 0.1) is 0 Å². The molecule has 0 aromatic carbocycles. The molecule has 0 aliphatic rings. The van der Waals surface area contributed by atoms with Crippen LogP contribution in [0.5, 0.6) is 0 Å². The van der Waals surface area contributed by atoms with E-state index in [4.69, 9.17) is 5.26 Å². The summed E-state index contributed by atoms with van der Waals surface area (Å²) < 4.78 is 61.5. The maximum Gasteiger partial charge on any atom is 0.389 e. The van der Waals surface area contributed by atoms with Crippen LogP contribution in [0, 0.1) is 11.3 Å². The number of alkyl halides is 3. The number of nitrogens with one attached hydrogen (secondary N) is 1. The van der Waals surface area contributed by atoms with Gasteiger partial charge in [0, 0.05) is 19.2 Å². The van der Waals surface area contributed by atoms with Crippen LogP contribution in [0.2, 0.25) is 0 Å². The van der Waals surface area contributed by atoms with Crippen LogP contribution >= 0.6 is 0 Å². The Kier molecular flexibility index (Phi) is 5.47. The second-order valence-corrected chi connectivity index (χ2v) is 5.67. The van der Waals surface area contributed by atoms with E-state index in [9.17, 15) is 21.6 Å². The SMILES string of the molecule is N#Cc1ncccc1S(=O)(=O)NCCCCC(F)(F)F. The molecule has 20 heavy (non-hydrogen) atoms. The van der Waals surface area contributed by atoms with Crippen LogP contribution in [0.4, 0.5) is 13.2 Å². The van der Waals surface area contributed by atoms with Crippen LogP contribution < -0.4 is 4.72 Å². The molecule has 5 nitrogen and oxygen atoms in total. The molecule has 0 atom stereocenters. The first kappa shape index (κ1) is 16.4. The normalized spacial score (nSPS) is 12.1. The van der Waals surface area contributed by atoms with E-state index in [1.807, 2.05) is 0 Å². The van der Waals surface area contributed by atoms with Gasteiger partial charge in [-0.25, -0.2) is 18.1 Å².